The summed E-state index contributed by atoms with van der Waals surface area (Å²) in [5, 5.41) is 0.251. The molecule has 1 aromatic carbocycles. The number of rotatable bonds is 2. The molecule has 6 heteroatoms. The van der Waals surface area contributed by atoms with Gasteiger partial charge in [-0.25, -0.2) is 4.98 Å². The molecule has 0 saturated carbocycles. The van der Waals surface area contributed by atoms with E-state index in [4.69, 9.17) is 22.1 Å². The van der Waals surface area contributed by atoms with E-state index in [0.717, 1.165) is 15.6 Å². The number of nitrogens with zero attached hydrogens (tertiary/aromatic N) is 2. The molecule has 2 N–H and O–H groups in total. The molecule has 94 valence electrons. The standard InChI is InChI=1S/C12H11BrClN3O/c1-6-3-7(2)9(4-8(6)13)18-11-5-10(14)16-12(15)17-11/h3-5H,1-2H3,(H2,15,16,17). The molecule has 0 saturated heterocycles. The van der Waals surface area contributed by atoms with Crippen molar-refractivity contribution in [3.8, 4) is 11.6 Å². The van der Waals surface area contributed by atoms with Crippen LogP contribution in [0.25, 0.3) is 0 Å². The lowest BCUT2D eigenvalue weighted by Crippen LogP contribution is -1.98. The van der Waals surface area contributed by atoms with E-state index in [0.29, 0.717) is 11.6 Å². The van der Waals surface area contributed by atoms with Crippen LogP contribution < -0.4 is 10.5 Å². The lowest BCUT2D eigenvalue weighted by Gasteiger charge is -2.10. The first-order chi connectivity index (χ1) is 8.45. The van der Waals surface area contributed by atoms with E-state index in [9.17, 15) is 0 Å². The number of aryl methyl sites for hydroxylation is 2. The van der Waals surface area contributed by atoms with Crippen molar-refractivity contribution in [2.75, 3.05) is 5.73 Å². The number of aromatic nitrogens is 2. The molecule has 0 atom stereocenters. The average Bonchev–Trinajstić information content (AvgIpc) is 2.24. The number of benzene rings is 1. The number of hydrogen-bond donors (Lipinski definition) is 1. The van der Waals surface area contributed by atoms with Crippen LogP contribution in [-0.4, -0.2) is 9.97 Å². The summed E-state index contributed by atoms with van der Waals surface area (Å²) in [7, 11) is 0. The minimum atomic E-state index is 0.0846. The Morgan fingerprint density at radius 1 is 1.17 bits per heavy atom. The molecule has 0 bridgehead atoms. The summed E-state index contributed by atoms with van der Waals surface area (Å²) in [4.78, 5) is 7.74. The number of anilines is 1. The molecule has 0 aliphatic heterocycles. The van der Waals surface area contributed by atoms with Crippen LogP contribution in [0.3, 0.4) is 0 Å². The summed E-state index contributed by atoms with van der Waals surface area (Å²) < 4.78 is 6.63. The van der Waals surface area contributed by atoms with E-state index in [-0.39, 0.29) is 11.1 Å². The number of halogens is 2. The van der Waals surface area contributed by atoms with Crippen molar-refractivity contribution in [2.45, 2.75) is 13.8 Å². The van der Waals surface area contributed by atoms with Crippen molar-refractivity contribution in [2.24, 2.45) is 0 Å². The van der Waals surface area contributed by atoms with Crippen LogP contribution in [0.15, 0.2) is 22.7 Å². The molecule has 2 aromatic rings. The lowest BCUT2D eigenvalue weighted by atomic mass is 10.1. The van der Waals surface area contributed by atoms with Gasteiger partial charge in [-0.2, -0.15) is 4.98 Å². The Balaban J connectivity index is 2.36. The molecule has 4 nitrogen and oxygen atoms in total. The fourth-order valence-corrected chi connectivity index (χ4v) is 2.00. The Morgan fingerprint density at radius 2 is 1.89 bits per heavy atom. The molecule has 0 radical (unpaired) electrons. The predicted octanol–water partition coefficient (Wildman–Crippen LogP) is 3.88. The van der Waals surface area contributed by atoms with Gasteiger partial charge in [0, 0.05) is 10.5 Å². The number of hydrogen-bond acceptors (Lipinski definition) is 4. The van der Waals surface area contributed by atoms with Gasteiger partial charge in [0.25, 0.3) is 0 Å². The monoisotopic (exact) mass is 327 g/mol. The van der Waals surface area contributed by atoms with Crippen molar-refractivity contribution >= 4 is 33.5 Å². The van der Waals surface area contributed by atoms with E-state index in [2.05, 4.69) is 25.9 Å². The summed E-state index contributed by atoms with van der Waals surface area (Å²) in [6.07, 6.45) is 0. The molecule has 0 unspecified atom stereocenters. The number of nitrogens with two attached hydrogens (primary N) is 1. The minimum absolute atomic E-state index is 0.0846. The third kappa shape index (κ3) is 2.91. The van der Waals surface area contributed by atoms with Crippen LogP contribution in [-0.2, 0) is 0 Å². The molecule has 0 amide bonds. The molecule has 0 aliphatic carbocycles. The number of nitrogen functional groups attached to an aromatic ring is 1. The molecular formula is C12H11BrClN3O. The van der Waals surface area contributed by atoms with Crippen LogP contribution in [0.4, 0.5) is 5.95 Å². The predicted molar refractivity (Wildman–Crippen MR) is 75.1 cm³/mol. The van der Waals surface area contributed by atoms with Crippen molar-refractivity contribution in [3.63, 3.8) is 0 Å². The van der Waals surface area contributed by atoms with Crippen LogP contribution in [0.5, 0.6) is 11.6 Å². The first-order valence-electron chi connectivity index (χ1n) is 5.20. The zero-order valence-electron chi connectivity index (χ0n) is 9.87. The summed E-state index contributed by atoms with van der Waals surface area (Å²) in [6, 6.07) is 5.42. The minimum Gasteiger partial charge on any atom is -0.438 e. The molecule has 18 heavy (non-hydrogen) atoms. The highest BCUT2D eigenvalue weighted by molar-refractivity contribution is 9.10. The Bertz CT molecular complexity index is 584. The van der Waals surface area contributed by atoms with Gasteiger partial charge >= 0.3 is 0 Å². The van der Waals surface area contributed by atoms with Crippen molar-refractivity contribution in [3.05, 3.63) is 39.0 Å². The van der Waals surface area contributed by atoms with Gasteiger partial charge in [-0.15, -0.1) is 0 Å². The summed E-state index contributed by atoms with van der Waals surface area (Å²) in [6.45, 7) is 3.97. The first kappa shape index (κ1) is 13.1. The van der Waals surface area contributed by atoms with Gasteiger partial charge in [0.1, 0.15) is 10.9 Å². The second-order valence-corrected chi connectivity index (χ2v) is 5.10. The van der Waals surface area contributed by atoms with Crippen LogP contribution in [0.2, 0.25) is 5.15 Å². The maximum absolute atomic E-state index is 5.79. The Kier molecular flexibility index (Phi) is 3.73. The van der Waals surface area contributed by atoms with Crippen LogP contribution >= 0.6 is 27.5 Å². The van der Waals surface area contributed by atoms with Crippen molar-refractivity contribution < 1.29 is 4.74 Å². The molecule has 1 heterocycles. The van der Waals surface area contributed by atoms with Gasteiger partial charge in [0.05, 0.1) is 0 Å². The van der Waals surface area contributed by atoms with Crippen molar-refractivity contribution in [1.82, 2.24) is 9.97 Å². The first-order valence-corrected chi connectivity index (χ1v) is 6.37. The van der Waals surface area contributed by atoms with Gasteiger partial charge < -0.3 is 10.5 Å². The average molecular weight is 329 g/mol. The van der Waals surface area contributed by atoms with Gasteiger partial charge in [-0.05, 0) is 31.0 Å². The maximum Gasteiger partial charge on any atom is 0.225 e. The second-order valence-electron chi connectivity index (χ2n) is 3.86. The number of ether oxygens (including phenoxy) is 1. The summed E-state index contributed by atoms with van der Waals surface area (Å²) in [5.41, 5.74) is 7.65. The van der Waals surface area contributed by atoms with E-state index in [1.165, 1.54) is 6.07 Å². The Morgan fingerprint density at radius 3 is 2.56 bits per heavy atom. The zero-order valence-corrected chi connectivity index (χ0v) is 12.2. The van der Waals surface area contributed by atoms with Gasteiger partial charge in [-0.1, -0.05) is 33.6 Å². The highest BCUT2D eigenvalue weighted by atomic mass is 79.9. The van der Waals surface area contributed by atoms with Crippen LogP contribution in [0, 0.1) is 13.8 Å². The van der Waals surface area contributed by atoms with E-state index in [1.54, 1.807) is 0 Å². The Labute approximate surface area is 118 Å². The highest BCUT2D eigenvalue weighted by Gasteiger charge is 2.08. The van der Waals surface area contributed by atoms with Gasteiger partial charge in [0.2, 0.25) is 11.8 Å². The third-order valence-corrected chi connectivity index (χ3v) is 3.41. The maximum atomic E-state index is 5.79. The quantitative estimate of drug-likeness (QED) is 0.850. The second kappa shape index (κ2) is 5.12. The van der Waals surface area contributed by atoms with E-state index in [1.807, 2.05) is 26.0 Å². The fraction of sp³-hybridized carbons (Fsp3) is 0.167. The van der Waals surface area contributed by atoms with Crippen molar-refractivity contribution in [1.29, 1.82) is 0 Å². The molecule has 0 spiro atoms. The lowest BCUT2D eigenvalue weighted by molar-refractivity contribution is 0.458. The normalized spacial score (nSPS) is 10.4. The SMILES string of the molecule is Cc1cc(C)c(Oc2cc(Cl)nc(N)n2)cc1Br. The molecular weight excluding hydrogens is 318 g/mol. The van der Waals surface area contributed by atoms with Crippen LogP contribution in [0.1, 0.15) is 11.1 Å². The fourth-order valence-electron chi connectivity index (χ4n) is 1.50. The van der Waals surface area contributed by atoms with Gasteiger partial charge in [0.15, 0.2) is 0 Å². The molecule has 1 aromatic heterocycles. The Hall–Kier alpha value is -1.33. The van der Waals surface area contributed by atoms with Gasteiger partial charge in [-0.3, -0.25) is 0 Å². The van der Waals surface area contributed by atoms with E-state index < -0.39 is 0 Å². The zero-order chi connectivity index (χ0) is 13.3. The molecule has 0 fully saturated rings. The largest absolute Gasteiger partial charge is 0.438 e. The highest BCUT2D eigenvalue weighted by Crippen LogP contribution is 2.30. The molecule has 2 rings (SSSR count). The summed E-state index contributed by atoms with van der Waals surface area (Å²) >= 11 is 9.25. The topological polar surface area (TPSA) is 61.0 Å². The third-order valence-electron chi connectivity index (χ3n) is 2.36. The smallest absolute Gasteiger partial charge is 0.225 e. The molecule has 0 aliphatic rings. The van der Waals surface area contributed by atoms with E-state index >= 15 is 0 Å². The summed E-state index contributed by atoms with van der Waals surface area (Å²) in [5.74, 6) is 1.11.